The Balaban J connectivity index is 1.81. The van der Waals surface area contributed by atoms with Gasteiger partial charge in [0.1, 0.15) is 11.5 Å². The SMILES string of the molecule is COC(=O)c1ccc2[nH]c(-c3ccc4cc(F)ccc4n3)nc2n1. The number of benzene rings is 1. The molecule has 3 heterocycles. The molecule has 1 N–H and O–H groups in total. The monoisotopic (exact) mass is 322 g/mol. The van der Waals surface area contributed by atoms with Crippen LogP contribution in [0.1, 0.15) is 10.5 Å². The quantitative estimate of drug-likeness (QED) is 0.574. The lowest BCUT2D eigenvalue weighted by Gasteiger charge is -2.00. The highest BCUT2D eigenvalue weighted by Crippen LogP contribution is 2.22. The molecule has 0 saturated heterocycles. The van der Waals surface area contributed by atoms with E-state index in [1.807, 2.05) is 0 Å². The van der Waals surface area contributed by atoms with Crippen molar-refractivity contribution in [3.63, 3.8) is 0 Å². The maximum Gasteiger partial charge on any atom is 0.356 e. The molecular weight excluding hydrogens is 311 g/mol. The molecule has 0 atom stereocenters. The summed E-state index contributed by atoms with van der Waals surface area (Å²) in [5.74, 6) is -0.307. The van der Waals surface area contributed by atoms with Crippen molar-refractivity contribution in [2.24, 2.45) is 0 Å². The zero-order valence-corrected chi connectivity index (χ0v) is 12.6. The van der Waals surface area contributed by atoms with Crippen LogP contribution in [0.15, 0.2) is 42.5 Å². The number of fused-ring (bicyclic) bond motifs is 2. The van der Waals surface area contributed by atoms with E-state index in [0.29, 0.717) is 33.6 Å². The standard InChI is InChI=1S/C17H11FN4O2/c1-24-17(23)14-7-6-13-16(21-14)22-15(20-13)12-4-2-9-8-10(18)3-5-11(9)19-12/h2-8H,1H3,(H,20,21,22). The fourth-order valence-electron chi connectivity index (χ4n) is 2.46. The van der Waals surface area contributed by atoms with E-state index in [9.17, 15) is 9.18 Å². The number of hydrogen-bond acceptors (Lipinski definition) is 5. The number of carbonyl (C=O) groups is 1. The Labute approximate surface area is 135 Å². The second-order valence-corrected chi connectivity index (χ2v) is 5.18. The Hall–Kier alpha value is -3.35. The molecule has 0 saturated carbocycles. The van der Waals surface area contributed by atoms with Gasteiger partial charge in [0.25, 0.3) is 0 Å². The normalized spacial score (nSPS) is 11.1. The van der Waals surface area contributed by atoms with Crippen molar-refractivity contribution >= 4 is 28.0 Å². The molecule has 4 aromatic rings. The van der Waals surface area contributed by atoms with Crippen molar-refractivity contribution in [1.82, 2.24) is 19.9 Å². The van der Waals surface area contributed by atoms with Crippen LogP contribution in [0.2, 0.25) is 0 Å². The maximum absolute atomic E-state index is 13.2. The summed E-state index contributed by atoms with van der Waals surface area (Å²) in [6.07, 6.45) is 0. The number of halogens is 1. The molecule has 0 aliphatic rings. The molecule has 118 valence electrons. The van der Waals surface area contributed by atoms with Gasteiger partial charge in [-0.05, 0) is 36.4 Å². The Morgan fingerprint density at radius 3 is 2.79 bits per heavy atom. The first-order chi connectivity index (χ1) is 11.6. The van der Waals surface area contributed by atoms with Crippen molar-refractivity contribution < 1.29 is 13.9 Å². The molecule has 0 aliphatic carbocycles. The Morgan fingerprint density at radius 1 is 1.08 bits per heavy atom. The summed E-state index contributed by atoms with van der Waals surface area (Å²) in [4.78, 5) is 27.7. The molecule has 0 spiro atoms. The smallest absolute Gasteiger partial charge is 0.356 e. The third kappa shape index (κ3) is 2.36. The number of methoxy groups -OCH3 is 1. The summed E-state index contributed by atoms with van der Waals surface area (Å²) in [5.41, 5.74) is 2.53. The number of nitrogens with one attached hydrogen (secondary N) is 1. The van der Waals surface area contributed by atoms with Gasteiger partial charge in [0.05, 0.1) is 18.1 Å². The molecule has 24 heavy (non-hydrogen) atoms. The summed E-state index contributed by atoms with van der Waals surface area (Å²) >= 11 is 0. The minimum absolute atomic E-state index is 0.185. The van der Waals surface area contributed by atoms with Crippen LogP contribution < -0.4 is 0 Å². The van der Waals surface area contributed by atoms with Crippen LogP contribution >= 0.6 is 0 Å². The van der Waals surface area contributed by atoms with Gasteiger partial charge >= 0.3 is 5.97 Å². The lowest BCUT2D eigenvalue weighted by Crippen LogP contribution is -2.03. The number of pyridine rings is 2. The van der Waals surface area contributed by atoms with Crippen LogP contribution in [-0.2, 0) is 4.74 Å². The first kappa shape index (κ1) is 14.3. The van der Waals surface area contributed by atoms with E-state index in [1.54, 1.807) is 30.3 Å². The van der Waals surface area contributed by atoms with Crippen LogP contribution in [0, 0.1) is 5.82 Å². The largest absolute Gasteiger partial charge is 0.464 e. The van der Waals surface area contributed by atoms with Crippen molar-refractivity contribution in [1.29, 1.82) is 0 Å². The summed E-state index contributed by atoms with van der Waals surface area (Å²) < 4.78 is 17.9. The van der Waals surface area contributed by atoms with Crippen molar-refractivity contribution in [2.75, 3.05) is 7.11 Å². The first-order valence-corrected chi connectivity index (χ1v) is 7.16. The highest BCUT2D eigenvalue weighted by molar-refractivity contribution is 5.90. The molecular formula is C17H11FN4O2. The Morgan fingerprint density at radius 2 is 1.96 bits per heavy atom. The van der Waals surface area contributed by atoms with E-state index < -0.39 is 5.97 Å². The van der Waals surface area contributed by atoms with Gasteiger partial charge < -0.3 is 9.72 Å². The number of ether oxygens (including phenoxy) is 1. The molecule has 0 amide bonds. The van der Waals surface area contributed by atoms with Crippen molar-refractivity contribution in [3.8, 4) is 11.5 Å². The number of hydrogen-bond donors (Lipinski definition) is 1. The van der Waals surface area contributed by atoms with E-state index >= 15 is 0 Å². The number of aromatic nitrogens is 4. The Bertz CT molecular complexity index is 1090. The maximum atomic E-state index is 13.2. The lowest BCUT2D eigenvalue weighted by atomic mass is 10.2. The summed E-state index contributed by atoms with van der Waals surface area (Å²) in [6, 6.07) is 11.2. The highest BCUT2D eigenvalue weighted by atomic mass is 19.1. The first-order valence-electron chi connectivity index (χ1n) is 7.16. The summed E-state index contributed by atoms with van der Waals surface area (Å²) in [7, 11) is 1.30. The van der Waals surface area contributed by atoms with E-state index in [-0.39, 0.29) is 11.5 Å². The van der Waals surface area contributed by atoms with E-state index in [1.165, 1.54) is 19.2 Å². The van der Waals surface area contributed by atoms with E-state index in [2.05, 4.69) is 24.7 Å². The number of imidazole rings is 1. The van der Waals surface area contributed by atoms with Crippen molar-refractivity contribution in [2.45, 2.75) is 0 Å². The lowest BCUT2D eigenvalue weighted by molar-refractivity contribution is 0.0594. The molecule has 4 rings (SSSR count). The topological polar surface area (TPSA) is 80.8 Å². The van der Waals surface area contributed by atoms with Crippen LogP contribution in [0.5, 0.6) is 0 Å². The van der Waals surface area contributed by atoms with Gasteiger partial charge in [0, 0.05) is 5.39 Å². The molecule has 0 bridgehead atoms. The van der Waals surface area contributed by atoms with E-state index in [4.69, 9.17) is 0 Å². The molecule has 3 aromatic heterocycles. The molecule has 0 radical (unpaired) electrons. The predicted molar refractivity (Wildman–Crippen MR) is 85.9 cm³/mol. The van der Waals surface area contributed by atoms with Gasteiger partial charge in [0.15, 0.2) is 17.2 Å². The van der Waals surface area contributed by atoms with Gasteiger partial charge in [-0.3, -0.25) is 0 Å². The summed E-state index contributed by atoms with van der Waals surface area (Å²) in [5, 5.41) is 0.709. The number of H-pyrrole nitrogens is 1. The average molecular weight is 322 g/mol. The molecule has 0 unspecified atom stereocenters. The minimum Gasteiger partial charge on any atom is -0.464 e. The average Bonchev–Trinajstić information content (AvgIpc) is 3.03. The molecule has 7 heteroatoms. The second kappa shape index (κ2) is 5.38. The summed E-state index contributed by atoms with van der Waals surface area (Å²) in [6.45, 7) is 0. The number of aromatic amines is 1. The number of nitrogens with zero attached hydrogens (tertiary/aromatic N) is 3. The zero-order valence-electron chi connectivity index (χ0n) is 12.6. The van der Waals surface area contributed by atoms with Gasteiger partial charge in [-0.1, -0.05) is 6.07 Å². The van der Waals surface area contributed by atoms with Crippen LogP contribution in [0.3, 0.4) is 0 Å². The number of carbonyl (C=O) groups excluding carboxylic acids is 1. The fourth-order valence-corrected chi connectivity index (χ4v) is 2.46. The third-order valence-electron chi connectivity index (χ3n) is 3.63. The van der Waals surface area contributed by atoms with Crippen molar-refractivity contribution in [3.05, 3.63) is 54.0 Å². The molecule has 0 fully saturated rings. The van der Waals surface area contributed by atoms with Gasteiger partial charge in [-0.15, -0.1) is 0 Å². The molecule has 6 nitrogen and oxygen atoms in total. The molecule has 0 aliphatic heterocycles. The third-order valence-corrected chi connectivity index (χ3v) is 3.63. The van der Waals surface area contributed by atoms with Crippen LogP contribution in [-0.4, -0.2) is 33.0 Å². The van der Waals surface area contributed by atoms with E-state index in [0.717, 1.165) is 0 Å². The number of rotatable bonds is 2. The van der Waals surface area contributed by atoms with Gasteiger partial charge in [-0.25, -0.2) is 24.1 Å². The van der Waals surface area contributed by atoms with Crippen LogP contribution in [0.25, 0.3) is 33.6 Å². The van der Waals surface area contributed by atoms with Gasteiger partial charge in [0.2, 0.25) is 0 Å². The highest BCUT2D eigenvalue weighted by Gasteiger charge is 2.12. The molecule has 1 aromatic carbocycles. The predicted octanol–water partition coefficient (Wildman–Crippen LogP) is 3.10. The Kier molecular flexibility index (Phi) is 3.19. The van der Waals surface area contributed by atoms with Crippen LogP contribution in [0.4, 0.5) is 4.39 Å². The second-order valence-electron chi connectivity index (χ2n) is 5.18. The van der Waals surface area contributed by atoms with Gasteiger partial charge in [-0.2, -0.15) is 0 Å². The zero-order chi connectivity index (χ0) is 16.7. The fraction of sp³-hybridized carbons (Fsp3) is 0.0588. The number of esters is 1. The minimum atomic E-state index is -0.521.